The molecule has 0 aliphatic carbocycles. The summed E-state index contributed by atoms with van der Waals surface area (Å²) >= 11 is 6.42. The molecule has 1 N–H and O–H groups in total. The number of sulfone groups is 1. The molecule has 8 heteroatoms. The zero-order valence-corrected chi connectivity index (χ0v) is 18.7. The molecular weight excluding hydrogens is 422 g/mol. The molecule has 1 aromatic heterocycles. The summed E-state index contributed by atoms with van der Waals surface area (Å²) in [4.78, 5) is 12.4. The highest BCUT2D eigenvalue weighted by atomic mass is 35.5. The van der Waals surface area contributed by atoms with Gasteiger partial charge in [0.2, 0.25) is 5.91 Å². The van der Waals surface area contributed by atoms with Crippen LogP contribution < -0.4 is 5.32 Å². The largest absolute Gasteiger partial charge is 0.325 e. The predicted octanol–water partition coefficient (Wildman–Crippen LogP) is 4.51. The van der Waals surface area contributed by atoms with Crippen LogP contribution in [0.25, 0.3) is 5.69 Å². The van der Waals surface area contributed by atoms with Crippen LogP contribution >= 0.6 is 11.6 Å². The maximum Gasteiger partial charge on any atom is 0.239 e. The lowest BCUT2D eigenvalue weighted by molar-refractivity contribution is -0.113. The number of benzene rings is 2. The third-order valence-corrected chi connectivity index (χ3v) is 6.49. The van der Waals surface area contributed by atoms with Crippen LogP contribution in [-0.4, -0.2) is 29.9 Å². The molecule has 0 saturated heterocycles. The summed E-state index contributed by atoms with van der Waals surface area (Å²) in [6, 6.07) is 16.6. The number of nitrogens with zero attached hydrogens (tertiary/aromatic N) is 2. The zero-order chi connectivity index (χ0) is 21.9. The number of para-hydroxylation sites is 1. The molecule has 30 heavy (non-hydrogen) atoms. The number of aryl methyl sites for hydroxylation is 1. The fourth-order valence-corrected chi connectivity index (χ4v) is 4.86. The predicted molar refractivity (Wildman–Crippen MR) is 120 cm³/mol. The Labute approximate surface area is 181 Å². The molecule has 158 valence electrons. The van der Waals surface area contributed by atoms with E-state index in [0.29, 0.717) is 22.9 Å². The third-order valence-electron chi connectivity index (χ3n) is 4.67. The van der Waals surface area contributed by atoms with Gasteiger partial charge in [0.15, 0.2) is 9.84 Å². The minimum atomic E-state index is -3.74. The van der Waals surface area contributed by atoms with Crippen molar-refractivity contribution >= 4 is 33.0 Å². The Hall–Kier alpha value is -2.64. The normalized spacial score (nSPS) is 11.6. The monoisotopic (exact) mass is 445 g/mol. The first-order valence-corrected chi connectivity index (χ1v) is 11.8. The maximum absolute atomic E-state index is 12.7. The van der Waals surface area contributed by atoms with E-state index in [1.54, 1.807) is 13.0 Å². The van der Waals surface area contributed by atoms with E-state index >= 15 is 0 Å². The van der Waals surface area contributed by atoms with Crippen molar-refractivity contribution in [1.82, 2.24) is 9.78 Å². The van der Waals surface area contributed by atoms with E-state index in [9.17, 15) is 13.2 Å². The van der Waals surface area contributed by atoms with Crippen molar-refractivity contribution in [3.63, 3.8) is 0 Å². The summed E-state index contributed by atoms with van der Waals surface area (Å²) in [6.07, 6.45) is 0. The molecule has 0 radical (unpaired) electrons. The summed E-state index contributed by atoms with van der Waals surface area (Å²) in [5, 5.41) is 7.25. The summed E-state index contributed by atoms with van der Waals surface area (Å²) < 4.78 is 26.8. The number of anilines is 1. The lowest BCUT2D eigenvalue weighted by Gasteiger charge is -2.10. The molecule has 0 fully saturated rings. The second kappa shape index (κ2) is 9.02. The van der Waals surface area contributed by atoms with Gasteiger partial charge in [0.05, 0.1) is 17.1 Å². The van der Waals surface area contributed by atoms with Gasteiger partial charge in [-0.15, -0.1) is 0 Å². The van der Waals surface area contributed by atoms with Gasteiger partial charge < -0.3 is 5.32 Å². The number of nitrogens with one attached hydrogen (secondary N) is 1. The molecule has 6 nitrogen and oxygen atoms in total. The van der Waals surface area contributed by atoms with Crippen molar-refractivity contribution in [2.75, 3.05) is 11.1 Å². The Kier molecular flexibility index (Phi) is 6.63. The van der Waals surface area contributed by atoms with Gasteiger partial charge in [-0.3, -0.25) is 4.79 Å². The minimum Gasteiger partial charge on any atom is -0.325 e. The Morgan fingerprint density at radius 1 is 1.13 bits per heavy atom. The van der Waals surface area contributed by atoms with E-state index in [-0.39, 0.29) is 10.9 Å². The highest BCUT2D eigenvalue weighted by Crippen LogP contribution is 2.25. The van der Waals surface area contributed by atoms with E-state index in [1.807, 2.05) is 62.4 Å². The molecule has 1 heterocycles. The standard InChI is InChI=1S/C22H24ClN3O3S/c1-15(2)17-8-7-9-18(12-17)24-21(27)14-30(28,29)13-20-16(3)25-26(22(20)23)19-10-5-4-6-11-19/h4-12,15H,13-14H2,1-3H3,(H,24,27). The van der Waals surface area contributed by atoms with Gasteiger partial charge >= 0.3 is 0 Å². The van der Waals surface area contributed by atoms with E-state index in [0.717, 1.165) is 11.3 Å². The molecule has 1 amide bonds. The first-order valence-electron chi connectivity index (χ1n) is 9.56. The van der Waals surface area contributed by atoms with Crippen LogP contribution in [0, 0.1) is 6.92 Å². The molecule has 0 bridgehead atoms. The van der Waals surface area contributed by atoms with Gasteiger partial charge in [-0.25, -0.2) is 13.1 Å². The van der Waals surface area contributed by atoms with Crippen LogP contribution in [0.1, 0.15) is 36.6 Å². The van der Waals surface area contributed by atoms with Gasteiger partial charge in [0.1, 0.15) is 10.9 Å². The molecule has 0 spiro atoms. The second-order valence-electron chi connectivity index (χ2n) is 7.46. The lowest BCUT2D eigenvalue weighted by Crippen LogP contribution is -2.24. The number of carbonyl (C=O) groups is 1. The maximum atomic E-state index is 12.7. The number of hydrogen-bond donors (Lipinski definition) is 1. The highest BCUT2D eigenvalue weighted by molar-refractivity contribution is 7.91. The Bertz CT molecular complexity index is 1160. The molecule has 0 unspecified atom stereocenters. The number of hydrogen-bond acceptors (Lipinski definition) is 4. The van der Waals surface area contributed by atoms with E-state index in [2.05, 4.69) is 10.4 Å². The SMILES string of the molecule is Cc1nn(-c2ccccc2)c(Cl)c1CS(=O)(=O)CC(=O)Nc1cccc(C(C)C)c1. The first kappa shape index (κ1) is 22.1. The summed E-state index contributed by atoms with van der Waals surface area (Å²) in [7, 11) is -3.74. The number of rotatable bonds is 7. The van der Waals surface area contributed by atoms with E-state index in [4.69, 9.17) is 11.6 Å². The van der Waals surface area contributed by atoms with Crippen LogP contribution in [0.2, 0.25) is 5.15 Å². The van der Waals surface area contributed by atoms with Crippen molar-refractivity contribution in [3.05, 3.63) is 76.6 Å². The number of carbonyl (C=O) groups excluding carboxylic acids is 1. The molecule has 3 aromatic rings. The molecular formula is C22H24ClN3O3S. The van der Waals surface area contributed by atoms with Gasteiger partial charge in [-0.2, -0.15) is 5.10 Å². The summed E-state index contributed by atoms with van der Waals surface area (Å²) in [6.45, 7) is 5.80. The van der Waals surface area contributed by atoms with Crippen LogP contribution in [0.15, 0.2) is 54.6 Å². The fourth-order valence-electron chi connectivity index (χ4n) is 3.08. The lowest BCUT2D eigenvalue weighted by atomic mass is 10.0. The van der Waals surface area contributed by atoms with Crippen molar-refractivity contribution in [2.24, 2.45) is 0 Å². The molecule has 2 aromatic carbocycles. The Morgan fingerprint density at radius 2 is 1.83 bits per heavy atom. The van der Waals surface area contributed by atoms with Crippen LogP contribution in [0.3, 0.4) is 0 Å². The fraction of sp³-hybridized carbons (Fsp3) is 0.273. The van der Waals surface area contributed by atoms with Crippen molar-refractivity contribution < 1.29 is 13.2 Å². The Morgan fingerprint density at radius 3 is 2.50 bits per heavy atom. The number of aromatic nitrogens is 2. The smallest absolute Gasteiger partial charge is 0.239 e. The molecule has 0 saturated carbocycles. The number of halogens is 1. The molecule has 0 aliphatic rings. The third kappa shape index (κ3) is 5.29. The molecule has 0 atom stereocenters. The first-order chi connectivity index (χ1) is 14.2. The van der Waals surface area contributed by atoms with Crippen molar-refractivity contribution in [1.29, 1.82) is 0 Å². The van der Waals surface area contributed by atoms with Crippen molar-refractivity contribution in [2.45, 2.75) is 32.4 Å². The van der Waals surface area contributed by atoms with Gasteiger partial charge in [-0.1, -0.05) is 55.8 Å². The summed E-state index contributed by atoms with van der Waals surface area (Å²) in [5.41, 5.74) is 3.28. The van der Waals surface area contributed by atoms with Crippen LogP contribution in [0.5, 0.6) is 0 Å². The average molecular weight is 446 g/mol. The minimum absolute atomic E-state index is 0.229. The van der Waals surface area contributed by atoms with Crippen LogP contribution in [-0.2, 0) is 20.4 Å². The van der Waals surface area contributed by atoms with Crippen LogP contribution in [0.4, 0.5) is 5.69 Å². The van der Waals surface area contributed by atoms with Crippen molar-refractivity contribution in [3.8, 4) is 5.69 Å². The second-order valence-corrected chi connectivity index (χ2v) is 9.89. The summed E-state index contributed by atoms with van der Waals surface area (Å²) in [5.74, 6) is -1.27. The van der Waals surface area contributed by atoms with E-state index < -0.39 is 21.5 Å². The topological polar surface area (TPSA) is 81.1 Å². The highest BCUT2D eigenvalue weighted by Gasteiger charge is 2.24. The molecule has 0 aliphatic heterocycles. The van der Waals surface area contributed by atoms with Gasteiger partial charge in [-0.05, 0) is 42.7 Å². The average Bonchev–Trinajstić information content (AvgIpc) is 2.96. The number of amides is 1. The van der Waals surface area contributed by atoms with E-state index in [1.165, 1.54) is 4.68 Å². The van der Waals surface area contributed by atoms with Gasteiger partial charge in [0, 0.05) is 11.3 Å². The Balaban J connectivity index is 1.73. The molecule has 3 rings (SSSR count). The zero-order valence-electron chi connectivity index (χ0n) is 17.1. The quantitative estimate of drug-likeness (QED) is 0.580. The van der Waals surface area contributed by atoms with Gasteiger partial charge in [0.25, 0.3) is 0 Å².